The minimum Gasteiger partial charge on any atom is -0.411 e. The average molecular weight is 316 g/mol. The third kappa shape index (κ3) is 2.20. The molecule has 2 saturated carbocycles. The number of carbonyl (C=O) groups is 1. The molecule has 2 bridgehead atoms. The quantitative estimate of drug-likeness (QED) is 0.622. The molecule has 1 amide bonds. The SMILES string of the molecule is CC12CCC(C(=O)N(CCC#N)CCC#N)(C/C1=N\O)C2(C)C. The molecule has 0 radical (unpaired) electrons. The standard InChI is InChI=1S/C17H24N4O2/c1-15(2)16(3)6-7-17(15,12-13(16)20-23)14(22)21(10-4-8-18)11-5-9-19/h23H,4-7,10-12H2,1-3H3/b20-13+. The maximum absolute atomic E-state index is 13.3. The maximum atomic E-state index is 13.3. The monoisotopic (exact) mass is 316 g/mol. The molecule has 2 aliphatic carbocycles. The number of nitrogens with zero attached hydrogens (tertiary/aromatic N) is 4. The van der Waals surface area contributed by atoms with Crippen molar-refractivity contribution < 1.29 is 10.0 Å². The molecule has 0 spiro atoms. The van der Waals surface area contributed by atoms with E-state index >= 15 is 0 Å². The molecule has 23 heavy (non-hydrogen) atoms. The van der Waals surface area contributed by atoms with Gasteiger partial charge in [-0.2, -0.15) is 10.5 Å². The first-order chi connectivity index (χ1) is 10.8. The summed E-state index contributed by atoms with van der Waals surface area (Å²) in [6.45, 7) is 6.90. The Hall–Kier alpha value is -2.08. The van der Waals surface area contributed by atoms with Crippen molar-refractivity contribution in [2.24, 2.45) is 21.4 Å². The van der Waals surface area contributed by atoms with Gasteiger partial charge in [-0.25, -0.2) is 0 Å². The number of hydrogen-bond acceptors (Lipinski definition) is 5. The third-order valence-electron chi connectivity index (χ3n) is 6.54. The second kappa shape index (κ2) is 5.85. The Morgan fingerprint density at radius 2 is 1.78 bits per heavy atom. The van der Waals surface area contributed by atoms with Gasteiger partial charge in [-0.15, -0.1) is 0 Å². The minimum atomic E-state index is -0.603. The molecule has 0 aromatic carbocycles. The van der Waals surface area contributed by atoms with Crippen molar-refractivity contribution in [3.05, 3.63) is 0 Å². The van der Waals surface area contributed by atoms with Gasteiger partial charge in [-0.1, -0.05) is 25.9 Å². The van der Waals surface area contributed by atoms with Crippen molar-refractivity contribution in [2.45, 2.75) is 52.9 Å². The van der Waals surface area contributed by atoms with Gasteiger partial charge in [-0.05, 0) is 18.3 Å². The van der Waals surface area contributed by atoms with Crippen LogP contribution in [0.4, 0.5) is 0 Å². The fourth-order valence-electron chi connectivity index (χ4n) is 4.49. The van der Waals surface area contributed by atoms with Gasteiger partial charge in [0.2, 0.25) is 5.91 Å². The van der Waals surface area contributed by atoms with E-state index in [2.05, 4.69) is 38.1 Å². The molecule has 0 saturated heterocycles. The van der Waals surface area contributed by atoms with E-state index in [4.69, 9.17) is 10.5 Å². The van der Waals surface area contributed by atoms with E-state index in [0.717, 1.165) is 12.8 Å². The highest BCUT2D eigenvalue weighted by molar-refractivity contribution is 6.02. The van der Waals surface area contributed by atoms with Crippen molar-refractivity contribution in [2.75, 3.05) is 13.1 Å². The second-order valence-electron chi connectivity index (χ2n) is 7.37. The van der Waals surface area contributed by atoms with Gasteiger partial charge in [0.25, 0.3) is 0 Å². The first-order valence-electron chi connectivity index (χ1n) is 8.05. The zero-order chi connectivity index (χ0) is 17.3. The van der Waals surface area contributed by atoms with Crippen molar-refractivity contribution in [1.82, 2.24) is 4.90 Å². The molecule has 1 N–H and O–H groups in total. The molecule has 6 nitrogen and oxygen atoms in total. The zero-order valence-corrected chi connectivity index (χ0v) is 14.1. The molecule has 2 aliphatic rings. The molecule has 6 heteroatoms. The molecule has 124 valence electrons. The van der Waals surface area contributed by atoms with Gasteiger partial charge in [0.1, 0.15) is 0 Å². The van der Waals surface area contributed by atoms with Crippen LogP contribution in [0.1, 0.15) is 52.9 Å². The van der Waals surface area contributed by atoms with Crippen LogP contribution in [0.5, 0.6) is 0 Å². The Bertz CT molecular complexity index is 595. The predicted molar refractivity (Wildman–Crippen MR) is 84.4 cm³/mol. The number of nitriles is 2. The molecule has 2 atom stereocenters. The Morgan fingerprint density at radius 1 is 1.22 bits per heavy atom. The smallest absolute Gasteiger partial charge is 0.229 e. The van der Waals surface area contributed by atoms with Crippen molar-refractivity contribution in [1.29, 1.82) is 10.5 Å². The molecule has 0 aromatic rings. The molecule has 0 aromatic heterocycles. The van der Waals surface area contributed by atoms with Crippen LogP contribution in [-0.4, -0.2) is 34.8 Å². The Kier molecular flexibility index (Phi) is 4.39. The zero-order valence-electron chi connectivity index (χ0n) is 14.1. The first kappa shape index (κ1) is 17.3. The predicted octanol–water partition coefficient (Wildman–Crippen LogP) is 2.69. The van der Waals surface area contributed by atoms with Crippen LogP contribution in [0.3, 0.4) is 0 Å². The summed E-state index contributed by atoms with van der Waals surface area (Å²) in [5.41, 5.74) is -0.514. The lowest BCUT2D eigenvalue weighted by molar-refractivity contribution is -0.147. The molecule has 2 rings (SSSR count). The van der Waals surface area contributed by atoms with Crippen molar-refractivity contribution >= 4 is 11.6 Å². The fraction of sp³-hybridized carbons (Fsp3) is 0.765. The number of fused-ring (bicyclic) bond motifs is 2. The van der Waals surface area contributed by atoms with Gasteiger partial charge >= 0.3 is 0 Å². The number of amides is 1. The van der Waals surface area contributed by atoms with Crippen LogP contribution in [0, 0.1) is 38.9 Å². The lowest BCUT2D eigenvalue weighted by Crippen LogP contribution is -2.49. The van der Waals surface area contributed by atoms with Crippen molar-refractivity contribution in [3.8, 4) is 12.1 Å². The second-order valence-corrected chi connectivity index (χ2v) is 7.37. The summed E-state index contributed by atoms with van der Waals surface area (Å²) in [7, 11) is 0. The van der Waals surface area contributed by atoms with E-state index in [-0.39, 0.29) is 29.6 Å². The fourth-order valence-corrected chi connectivity index (χ4v) is 4.49. The van der Waals surface area contributed by atoms with E-state index in [1.807, 2.05) is 0 Å². The minimum absolute atomic E-state index is 0.00428. The summed E-state index contributed by atoms with van der Waals surface area (Å²) in [6.07, 6.45) is 2.54. The van der Waals surface area contributed by atoms with Crippen LogP contribution in [0.15, 0.2) is 5.16 Å². The van der Waals surface area contributed by atoms with Gasteiger partial charge in [0.15, 0.2) is 0 Å². The lowest BCUT2D eigenvalue weighted by Gasteiger charge is -2.41. The molecular formula is C17H24N4O2. The van der Waals surface area contributed by atoms with Crippen LogP contribution in [-0.2, 0) is 4.79 Å². The highest BCUT2D eigenvalue weighted by Crippen LogP contribution is 2.71. The Morgan fingerprint density at radius 3 is 2.22 bits per heavy atom. The highest BCUT2D eigenvalue weighted by Gasteiger charge is 2.72. The molecule has 2 unspecified atom stereocenters. The normalized spacial score (nSPS) is 32.5. The molecule has 0 heterocycles. The van der Waals surface area contributed by atoms with Crippen LogP contribution in [0.25, 0.3) is 0 Å². The summed E-state index contributed by atoms with van der Waals surface area (Å²) in [5, 5.41) is 30.5. The number of carbonyl (C=O) groups excluding carboxylic acids is 1. The van der Waals surface area contributed by atoms with Crippen LogP contribution >= 0.6 is 0 Å². The van der Waals surface area contributed by atoms with Gasteiger partial charge in [0.05, 0.1) is 36.1 Å². The summed E-state index contributed by atoms with van der Waals surface area (Å²) in [5.74, 6) is -0.00428. The van der Waals surface area contributed by atoms with Crippen LogP contribution < -0.4 is 0 Å². The van der Waals surface area contributed by atoms with Crippen LogP contribution in [0.2, 0.25) is 0 Å². The van der Waals surface area contributed by atoms with E-state index in [9.17, 15) is 10.0 Å². The van der Waals surface area contributed by atoms with E-state index in [0.29, 0.717) is 25.2 Å². The highest BCUT2D eigenvalue weighted by atomic mass is 16.4. The van der Waals surface area contributed by atoms with Gasteiger partial charge in [-0.3, -0.25) is 4.79 Å². The lowest BCUT2D eigenvalue weighted by atomic mass is 9.64. The topological polar surface area (TPSA) is 100 Å². The molecule has 2 fully saturated rings. The van der Waals surface area contributed by atoms with Gasteiger partial charge < -0.3 is 10.1 Å². The first-order valence-corrected chi connectivity index (χ1v) is 8.05. The molecular weight excluding hydrogens is 292 g/mol. The van der Waals surface area contributed by atoms with E-state index < -0.39 is 5.41 Å². The largest absolute Gasteiger partial charge is 0.411 e. The third-order valence-corrected chi connectivity index (χ3v) is 6.54. The van der Waals surface area contributed by atoms with Crippen molar-refractivity contribution in [3.63, 3.8) is 0 Å². The Labute approximate surface area is 137 Å². The van der Waals surface area contributed by atoms with Gasteiger partial charge in [0, 0.05) is 24.9 Å². The Balaban J connectivity index is 2.37. The summed E-state index contributed by atoms with van der Waals surface area (Å²) < 4.78 is 0. The summed E-state index contributed by atoms with van der Waals surface area (Å²) >= 11 is 0. The number of hydrogen-bond donors (Lipinski definition) is 1. The summed E-state index contributed by atoms with van der Waals surface area (Å²) in [6, 6.07) is 4.14. The molecule has 0 aliphatic heterocycles. The number of rotatable bonds is 5. The van der Waals surface area contributed by atoms with E-state index in [1.54, 1.807) is 4.90 Å². The van der Waals surface area contributed by atoms with E-state index in [1.165, 1.54) is 0 Å². The number of oxime groups is 1. The summed E-state index contributed by atoms with van der Waals surface area (Å²) in [4.78, 5) is 15.0. The average Bonchev–Trinajstić information content (AvgIpc) is 2.84. The maximum Gasteiger partial charge on any atom is 0.229 e.